The summed E-state index contributed by atoms with van der Waals surface area (Å²) in [5.74, 6) is 0.904. The van der Waals surface area contributed by atoms with E-state index >= 15 is 0 Å². The fraction of sp³-hybridized carbons (Fsp3) is 0.562. The first-order chi connectivity index (χ1) is 10.1. The smallest absolute Gasteiger partial charge is 0.165 e. The maximum atomic E-state index is 4.19. The topological polar surface area (TPSA) is 55.6 Å². The van der Waals surface area contributed by atoms with Gasteiger partial charge >= 0.3 is 0 Å². The highest BCUT2D eigenvalue weighted by Crippen LogP contribution is 2.22. The van der Waals surface area contributed by atoms with Gasteiger partial charge in [-0.1, -0.05) is 37.3 Å². The normalized spacial score (nSPS) is 11.8. The number of nitrogens with zero attached hydrogens (tertiary/aromatic N) is 4. The number of aryl methyl sites for hydroxylation is 1. The van der Waals surface area contributed by atoms with Crippen molar-refractivity contribution in [3.63, 3.8) is 0 Å². The lowest BCUT2D eigenvalue weighted by Crippen LogP contribution is -2.32. The van der Waals surface area contributed by atoms with Crippen molar-refractivity contribution >= 4 is 0 Å². The second kappa shape index (κ2) is 7.31. The van der Waals surface area contributed by atoms with Crippen molar-refractivity contribution in [2.75, 3.05) is 6.54 Å². The SMILES string of the molecule is CCCNCc1nnnn1C(C)(C)CCc1ccccc1. The van der Waals surface area contributed by atoms with E-state index in [-0.39, 0.29) is 5.54 Å². The van der Waals surface area contributed by atoms with Crippen LogP contribution < -0.4 is 5.32 Å². The second-order valence-corrected chi connectivity index (χ2v) is 5.98. The Kier molecular flexibility index (Phi) is 5.44. The third-order valence-electron chi connectivity index (χ3n) is 3.69. The molecule has 5 heteroatoms. The maximum absolute atomic E-state index is 4.19. The minimum Gasteiger partial charge on any atom is -0.310 e. The Morgan fingerprint density at radius 2 is 1.95 bits per heavy atom. The first kappa shape index (κ1) is 15.6. The number of rotatable bonds is 8. The van der Waals surface area contributed by atoms with E-state index in [1.54, 1.807) is 0 Å². The van der Waals surface area contributed by atoms with Crippen LogP contribution in [0.3, 0.4) is 0 Å². The van der Waals surface area contributed by atoms with Crippen molar-refractivity contribution in [3.8, 4) is 0 Å². The van der Waals surface area contributed by atoms with Gasteiger partial charge in [-0.2, -0.15) is 0 Å². The van der Waals surface area contributed by atoms with Gasteiger partial charge in [0.15, 0.2) is 5.82 Å². The highest BCUT2D eigenvalue weighted by atomic mass is 15.6. The first-order valence-electron chi connectivity index (χ1n) is 7.66. The van der Waals surface area contributed by atoms with E-state index < -0.39 is 0 Å². The number of aromatic nitrogens is 4. The van der Waals surface area contributed by atoms with E-state index in [0.717, 1.165) is 38.2 Å². The Balaban J connectivity index is 2.00. The first-order valence-corrected chi connectivity index (χ1v) is 7.66. The molecule has 0 atom stereocenters. The van der Waals surface area contributed by atoms with E-state index in [2.05, 4.69) is 65.9 Å². The molecule has 0 fully saturated rings. The molecule has 0 aliphatic rings. The molecule has 2 rings (SSSR count). The zero-order valence-corrected chi connectivity index (χ0v) is 13.2. The van der Waals surface area contributed by atoms with Crippen LogP contribution in [0, 0.1) is 0 Å². The van der Waals surface area contributed by atoms with Crippen molar-refractivity contribution in [1.29, 1.82) is 0 Å². The van der Waals surface area contributed by atoms with Gasteiger partial charge in [0.25, 0.3) is 0 Å². The summed E-state index contributed by atoms with van der Waals surface area (Å²) in [4.78, 5) is 0. The quantitative estimate of drug-likeness (QED) is 0.758. The van der Waals surface area contributed by atoms with Crippen molar-refractivity contribution in [3.05, 3.63) is 41.7 Å². The van der Waals surface area contributed by atoms with Crippen molar-refractivity contribution in [1.82, 2.24) is 25.5 Å². The summed E-state index contributed by atoms with van der Waals surface area (Å²) in [7, 11) is 0. The maximum Gasteiger partial charge on any atom is 0.165 e. The molecule has 0 radical (unpaired) electrons. The molecule has 0 aliphatic carbocycles. The fourth-order valence-electron chi connectivity index (χ4n) is 2.36. The average molecular weight is 287 g/mol. The summed E-state index contributed by atoms with van der Waals surface area (Å²) >= 11 is 0. The Morgan fingerprint density at radius 1 is 1.19 bits per heavy atom. The summed E-state index contributed by atoms with van der Waals surface area (Å²) in [6.07, 6.45) is 3.14. The molecule has 2 aromatic rings. The largest absolute Gasteiger partial charge is 0.310 e. The minimum absolute atomic E-state index is 0.0947. The summed E-state index contributed by atoms with van der Waals surface area (Å²) < 4.78 is 1.96. The molecule has 0 saturated carbocycles. The van der Waals surface area contributed by atoms with Gasteiger partial charge in [0.1, 0.15) is 0 Å². The van der Waals surface area contributed by atoms with E-state index in [4.69, 9.17) is 0 Å². The zero-order valence-electron chi connectivity index (χ0n) is 13.2. The second-order valence-electron chi connectivity index (χ2n) is 5.98. The van der Waals surface area contributed by atoms with Gasteiger partial charge in [-0.05, 0) is 55.6 Å². The van der Waals surface area contributed by atoms with Crippen molar-refractivity contribution in [2.24, 2.45) is 0 Å². The zero-order chi connectivity index (χ0) is 15.1. The lowest BCUT2D eigenvalue weighted by molar-refractivity contribution is 0.278. The molecule has 21 heavy (non-hydrogen) atoms. The molecule has 5 nitrogen and oxygen atoms in total. The van der Waals surface area contributed by atoms with E-state index in [1.807, 2.05) is 10.7 Å². The standard InChI is InChI=1S/C16H25N5/c1-4-12-17-13-15-18-19-20-21(15)16(2,3)11-10-14-8-6-5-7-9-14/h5-9,17H,4,10-13H2,1-3H3. The Labute approximate surface area is 126 Å². The Morgan fingerprint density at radius 3 is 2.67 bits per heavy atom. The number of hydrogen-bond donors (Lipinski definition) is 1. The Hall–Kier alpha value is -1.75. The molecule has 0 unspecified atom stereocenters. The molecular weight excluding hydrogens is 262 g/mol. The van der Waals surface area contributed by atoms with E-state index in [9.17, 15) is 0 Å². The van der Waals surface area contributed by atoms with Gasteiger partial charge in [-0.25, -0.2) is 4.68 Å². The average Bonchev–Trinajstić information content (AvgIpc) is 2.96. The molecule has 0 aliphatic heterocycles. The highest BCUT2D eigenvalue weighted by molar-refractivity contribution is 5.15. The molecule has 0 bridgehead atoms. The Bertz CT molecular complexity index is 533. The molecule has 0 amide bonds. The van der Waals surface area contributed by atoms with Gasteiger partial charge in [-0.3, -0.25) is 0 Å². The molecule has 0 saturated heterocycles. The minimum atomic E-state index is -0.0947. The molecule has 1 N–H and O–H groups in total. The predicted molar refractivity (Wildman–Crippen MR) is 83.9 cm³/mol. The van der Waals surface area contributed by atoms with Gasteiger partial charge < -0.3 is 5.32 Å². The van der Waals surface area contributed by atoms with Gasteiger partial charge in [0, 0.05) is 0 Å². The number of benzene rings is 1. The van der Waals surface area contributed by atoms with Crippen LogP contribution in [0.4, 0.5) is 0 Å². The lowest BCUT2D eigenvalue weighted by Gasteiger charge is -2.26. The van der Waals surface area contributed by atoms with Crippen molar-refractivity contribution in [2.45, 2.75) is 52.1 Å². The number of tetrazole rings is 1. The highest BCUT2D eigenvalue weighted by Gasteiger charge is 2.24. The van der Waals surface area contributed by atoms with Crippen LogP contribution in [0.5, 0.6) is 0 Å². The predicted octanol–water partition coefficient (Wildman–Crippen LogP) is 2.54. The summed E-state index contributed by atoms with van der Waals surface area (Å²) in [6.45, 7) is 8.23. The van der Waals surface area contributed by atoms with Crippen LogP contribution in [0.1, 0.15) is 45.0 Å². The molecule has 114 valence electrons. The number of nitrogens with one attached hydrogen (secondary N) is 1. The summed E-state index contributed by atoms with van der Waals surface area (Å²) in [5.41, 5.74) is 1.26. The monoisotopic (exact) mass is 287 g/mol. The lowest BCUT2D eigenvalue weighted by atomic mass is 9.95. The van der Waals surface area contributed by atoms with Crippen LogP contribution in [0.2, 0.25) is 0 Å². The van der Waals surface area contributed by atoms with Gasteiger partial charge in [0.05, 0.1) is 12.1 Å². The molecular formula is C16H25N5. The number of hydrogen-bond acceptors (Lipinski definition) is 4. The molecule has 0 spiro atoms. The van der Waals surface area contributed by atoms with Crippen molar-refractivity contribution < 1.29 is 0 Å². The van der Waals surface area contributed by atoms with E-state index in [0.29, 0.717) is 0 Å². The van der Waals surface area contributed by atoms with Crippen LogP contribution in [-0.2, 0) is 18.5 Å². The molecule has 1 aromatic heterocycles. The van der Waals surface area contributed by atoms with Crippen LogP contribution in [0.25, 0.3) is 0 Å². The summed E-state index contributed by atoms with van der Waals surface area (Å²) in [6, 6.07) is 10.5. The van der Waals surface area contributed by atoms with Crippen LogP contribution >= 0.6 is 0 Å². The van der Waals surface area contributed by atoms with Gasteiger partial charge in [-0.15, -0.1) is 5.10 Å². The third-order valence-corrected chi connectivity index (χ3v) is 3.69. The van der Waals surface area contributed by atoms with Crippen LogP contribution in [0.15, 0.2) is 30.3 Å². The van der Waals surface area contributed by atoms with E-state index in [1.165, 1.54) is 5.56 Å². The third kappa shape index (κ3) is 4.36. The molecule has 1 aromatic carbocycles. The van der Waals surface area contributed by atoms with Crippen LogP contribution in [-0.4, -0.2) is 26.8 Å². The molecule has 1 heterocycles. The van der Waals surface area contributed by atoms with Gasteiger partial charge in [0.2, 0.25) is 0 Å². The summed E-state index contributed by atoms with van der Waals surface area (Å²) in [5, 5.41) is 15.5. The fourth-order valence-corrected chi connectivity index (χ4v) is 2.36.